The summed E-state index contributed by atoms with van der Waals surface area (Å²) in [6.07, 6.45) is 2.54. The molecule has 0 aliphatic heterocycles. The van der Waals surface area contributed by atoms with Gasteiger partial charge in [0.1, 0.15) is 0 Å². The van der Waals surface area contributed by atoms with Crippen LogP contribution in [0.15, 0.2) is 11.6 Å². The molecular weight excluding hydrogens is 210 g/mol. The fraction of sp³-hybridized carbons (Fsp3) is 0.600. The molecule has 0 bridgehead atoms. The van der Waals surface area contributed by atoms with E-state index in [0.29, 0.717) is 6.54 Å². The van der Waals surface area contributed by atoms with Crippen molar-refractivity contribution in [3.63, 3.8) is 0 Å². The molecule has 0 spiro atoms. The molecule has 5 heteroatoms. The van der Waals surface area contributed by atoms with Gasteiger partial charge in [0.2, 0.25) is 5.91 Å². The van der Waals surface area contributed by atoms with E-state index in [0.717, 1.165) is 11.4 Å². The number of carbonyl (C=O) groups excluding carboxylic acids is 1. The highest BCUT2D eigenvalue weighted by Crippen LogP contribution is 2.03. The predicted molar refractivity (Wildman–Crippen MR) is 61.6 cm³/mol. The van der Waals surface area contributed by atoms with Crippen molar-refractivity contribution in [2.24, 2.45) is 11.7 Å². The maximum Gasteiger partial charge on any atom is 0.237 e. The lowest BCUT2D eigenvalue weighted by atomic mass is 10.1. The second-order valence-electron chi connectivity index (χ2n) is 3.74. The van der Waals surface area contributed by atoms with Gasteiger partial charge in [-0.15, -0.1) is 11.3 Å². The Labute approximate surface area is 93.9 Å². The summed E-state index contributed by atoms with van der Waals surface area (Å²) in [5, 5.41) is 5.77. The topological polar surface area (TPSA) is 68.0 Å². The molecule has 1 heterocycles. The number of aromatic nitrogens is 1. The summed E-state index contributed by atoms with van der Waals surface area (Å²) >= 11 is 1.60. The Morgan fingerprint density at radius 1 is 1.67 bits per heavy atom. The standard InChI is InChI=1S/C10H17N3OS/c1-7(2)9(11)10(14)13-4-3-8-12-5-6-15-8/h5-7,9H,3-4,11H2,1-2H3,(H,13,14)/t9-/m0/s1. The van der Waals surface area contributed by atoms with Crippen molar-refractivity contribution >= 4 is 17.2 Å². The van der Waals surface area contributed by atoms with Crippen LogP contribution in [0.25, 0.3) is 0 Å². The van der Waals surface area contributed by atoms with Crippen LogP contribution in [0.1, 0.15) is 18.9 Å². The number of thiazole rings is 1. The molecule has 1 atom stereocenters. The molecule has 0 saturated heterocycles. The molecule has 3 N–H and O–H groups in total. The first-order valence-electron chi connectivity index (χ1n) is 5.03. The summed E-state index contributed by atoms with van der Waals surface area (Å²) in [5.41, 5.74) is 5.69. The number of hydrogen-bond acceptors (Lipinski definition) is 4. The fourth-order valence-electron chi connectivity index (χ4n) is 1.09. The molecule has 0 radical (unpaired) electrons. The van der Waals surface area contributed by atoms with Crippen molar-refractivity contribution in [2.75, 3.05) is 6.54 Å². The number of rotatable bonds is 5. The largest absolute Gasteiger partial charge is 0.354 e. The zero-order valence-electron chi connectivity index (χ0n) is 9.06. The van der Waals surface area contributed by atoms with Gasteiger partial charge in [0.15, 0.2) is 0 Å². The van der Waals surface area contributed by atoms with Crippen LogP contribution >= 0.6 is 11.3 Å². The first kappa shape index (κ1) is 12.1. The van der Waals surface area contributed by atoms with Crippen LogP contribution < -0.4 is 11.1 Å². The van der Waals surface area contributed by atoms with Crippen molar-refractivity contribution in [2.45, 2.75) is 26.3 Å². The summed E-state index contributed by atoms with van der Waals surface area (Å²) in [6, 6.07) is -0.415. The summed E-state index contributed by atoms with van der Waals surface area (Å²) in [7, 11) is 0. The van der Waals surface area contributed by atoms with Gasteiger partial charge in [0.05, 0.1) is 11.0 Å². The molecule has 15 heavy (non-hydrogen) atoms. The number of hydrogen-bond donors (Lipinski definition) is 2. The first-order chi connectivity index (χ1) is 7.11. The maximum absolute atomic E-state index is 11.5. The van der Waals surface area contributed by atoms with Gasteiger partial charge < -0.3 is 11.1 Å². The molecular formula is C10H17N3OS. The number of amides is 1. The second kappa shape index (κ2) is 5.82. The third-order valence-corrected chi connectivity index (χ3v) is 2.98. The molecule has 0 fully saturated rings. The van der Waals surface area contributed by atoms with Crippen LogP contribution in [0.5, 0.6) is 0 Å². The molecule has 0 unspecified atom stereocenters. The highest BCUT2D eigenvalue weighted by molar-refractivity contribution is 7.09. The van der Waals surface area contributed by atoms with Crippen molar-refractivity contribution in [1.82, 2.24) is 10.3 Å². The molecule has 1 rings (SSSR count). The van der Waals surface area contributed by atoms with E-state index in [-0.39, 0.29) is 11.8 Å². The number of carbonyl (C=O) groups is 1. The van der Waals surface area contributed by atoms with Gasteiger partial charge in [-0.25, -0.2) is 4.98 Å². The molecule has 4 nitrogen and oxygen atoms in total. The van der Waals surface area contributed by atoms with E-state index in [1.54, 1.807) is 17.5 Å². The average molecular weight is 227 g/mol. The third-order valence-electron chi connectivity index (χ3n) is 2.14. The van der Waals surface area contributed by atoms with Crippen molar-refractivity contribution in [1.29, 1.82) is 0 Å². The lowest BCUT2D eigenvalue weighted by Crippen LogP contribution is -2.44. The lowest BCUT2D eigenvalue weighted by Gasteiger charge is -2.14. The normalized spacial score (nSPS) is 12.8. The average Bonchev–Trinajstić information content (AvgIpc) is 2.69. The van der Waals surface area contributed by atoms with Crippen molar-refractivity contribution in [3.05, 3.63) is 16.6 Å². The third kappa shape index (κ3) is 3.97. The van der Waals surface area contributed by atoms with Crippen LogP contribution in [0.4, 0.5) is 0 Å². The number of nitrogens with one attached hydrogen (secondary N) is 1. The quantitative estimate of drug-likeness (QED) is 0.781. The Morgan fingerprint density at radius 2 is 2.40 bits per heavy atom. The Hall–Kier alpha value is -0.940. The highest BCUT2D eigenvalue weighted by Gasteiger charge is 2.16. The Balaban J connectivity index is 2.23. The van der Waals surface area contributed by atoms with E-state index in [1.807, 2.05) is 19.2 Å². The van der Waals surface area contributed by atoms with Gasteiger partial charge in [0, 0.05) is 24.5 Å². The first-order valence-corrected chi connectivity index (χ1v) is 5.91. The van der Waals surface area contributed by atoms with E-state index in [2.05, 4.69) is 10.3 Å². The molecule has 0 aliphatic carbocycles. The van der Waals surface area contributed by atoms with E-state index in [9.17, 15) is 4.79 Å². The van der Waals surface area contributed by atoms with Gasteiger partial charge >= 0.3 is 0 Å². The van der Waals surface area contributed by atoms with E-state index in [1.165, 1.54) is 0 Å². The Morgan fingerprint density at radius 3 is 2.93 bits per heavy atom. The zero-order valence-corrected chi connectivity index (χ0v) is 9.88. The minimum atomic E-state index is -0.415. The summed E-state index contributed by atoms with van der Waals surface area (Å²) in [5.74, 6) is 0.0893. The molecule has 0 aromatic carbocycles. The highest BCUT2D eigenvalue weighted by atomic mass is 32.1. The SMILES string of the molecule is CC(C)[C@H](N)C(=O)NCCc1nccs1. The van der Waals surface area contributed by atoms with Gasteiger partial charge in [0.25, 0.3) is 0 Å². The summed E-state index contributed by atoms with van der Waals surface area (Å²) in [4.78, 5) is 15.6. The van der Waals surface area contributed by atoms with Crippen LogP contribution in [-0.4, -0.2) is 23.5 Å². The number of nitrogens with two attached hydrogens (primary N) is 1. The maximum atomic E-state index is 11.5. The fourth-order valence-corrected chi connectivity index (χ4v) is 1.71. The number of nitrogens with zero attached hydrogens (tertiary/aromatic N) is 1. The minimum Gasteiger partial charge on any atom is -0.354 e. The Kier molecular flexibility index (Phi) is 4.71. The van der Waals surface area contributed by atoms with Crippen molar-refractivity contribution in [3.8, 4) is 0 Å². The van der Waals surface area contributed by atoms with E-state index >= 15 is 0 Å². The lowest BCUT2D eigenvalue weighted by molar-refractivity contribution is -0.123. The van der Waals surface area contributed by atoms with Gasteiger partial charge in [-0.2, -0.15) is 0 Å². The van der Waals surface area contributed by atoms with E-state index < -0.39 is 6.04 Å². The van der Waals surface area contributed by atoms with Crippen LogP contribution in [0.2, 0.25) is 0 Å². The van der Waals surface area contributed by atoms with Gasteiger partial charge in [-0.3, -0.25) is 4.79 Å². The smallest absolute Gasteiger partial charge is 0.237 e. The molecule has 0 aliphatic rings. The molecule has 84 valence electrons. The predicted octanol–water partition coefficient (Wildman–Crippen LogP) is 0.785. The van der Waals surface area contributed by atoms with Crippen LogP contribution in [-0.2, 0) is 11.2 Å². The monoisotopic (exact) mass is 227 g/mol. The Bertz CT molecular complexity index is 298. The van der Waals surface area contributed by atoms with E-state index in [4.69, 9.17) is 5.73 Å². The molecule has 1 aromatic rings. The van der Waals surface area contributed by atoms with Crippen LogP contribution in [0, 0.1) is 5.92 Å². The molecule has 0 saturated carbocycles. The van der Waals surface area contributed by atoms with Gasteiger partial charge in [-0.1, -0.05) is 13.8 Å². The van der Waals surface area contributed by atoms with Crippen LogP contribution in [0.3, 0.4) is 0 Å². The molecule has 1 aromatic heterocycles. The summed E-state index contributed by atoms with van der Waals surface area (Å²) in [6.45, 7) is 4.48. The van der Waals surface area contributed by atoms with Crippen molar-refractivity contribution < 1.29 is 4.79 Å². The molecule has 1 amide bonds. The van der Waals surface area contributed by atoms with Gasteiger partial charge in [-0.05, 0) is 5.92 Å². The summed E-state index contributed by atoms with van der Waals surface area (Å²) < 4.78 is 0. The minimum absolute atomic E-state index is 0.0819. The second-order valence-corrected chi connectivity index (χ2v) is 4.72. The zero-order chi connectivity index (χ0) is 11.3.